The standard InChI is InChI=1S/C7H10F3NOS/c1-5(2)13(12)4-6(3-11)7(8,9)10/h5-6H,4H2,1-2H3. The van der Waals surface area contributed by atoms with Crippen LogP contribution in [0.2, 0.25) is 0 Å². The molecule has 0 aromatic heterocycles. The fourth-order valence-corrected chi connectivity index (χ4v) is 1.54. The largest absolute Gasteiger partial charge is 0.405 e. The average molecular weight is 213 g/mol. The monoisotopic (exact) mass is 213 g/mol. The quantitative estimate of drug-likeness (QED) is 0.717. The lowest BCUT2D eigenvalue weighted by Gasteiger charge is -2.13. The van der Waals surface area contributed by atoms with Crippen molar-refractivity contribution in [3.8, 4) is 6.07 Å². The molecule has 0 aliphatic heterocycles. The van der Waals surface area contributed by atoms with Crippen LogP contribution in [0.15, 0.2) is 0 Å². The summed E-state index contributed by atoms with van der Waals surface area (Å²) in [7, 11) is -1.59. The molecule has 6 heteroatoms. The zero-order chi connectivity index (χ0) is 10.6. The Morgan fingerprint density at radius 1 is 1.46 bits per heavy atom. The van der Waals surface area contributed by atoms with Gasteiger partial charge in [0, 0.05) is 21.8 Å². The minimum Gasteiger partial charge on any atom is -0.259 e. The van der Waals surface area contributed by atoms with Crippen molar-refractivity contribution in [1.29, 1.82) is 5.26 Å². The number of alkyl halides is 3. The molecular weight excluding hydrogens is 203 g/mol. The van der Waals surface area contributed by atoms with Gasteiger partial charge < -0.3 is 0 Å². The molecule has 0 saturated heterocycles. The summed E-state index contributed by atoms with van der Waals surface area (Å²) >= 11 is 0. The molecule has 0 spiro atoms. The van der Waals surface area contributed by atoms with Gasteiger partial charge >= 0.3 is 6.18 Å². The molecule has 0 amide bonds. The normalized spacial score (nSPS) is 16.7. The second-order valence-electron chi connectivity index (χ2n) is 2.82. The van der Waals surface area contributed by atoms with E-state index in [-0.39, 0.29) is 5.25 Å². The van der Waals surface area contributed by atoms with Crippen LogP contribution in [-0.2, 0) is 10.8 Å². The van der Waals surface area contributed by atoms with Crippen molar-refractivity contribution in [2.24, 2.45) is 5.92 Å². The molecule has 0 aromatic rings. The number of nitriles is 1. The molecule has 0 radical (unpaired) electrons. The Labute approximate surface area is 77.2 Å². The van der Waals surface area contributed by atoms with Crippen molar-refractivity contribution in [2.45, 2.75) is 25.3 Å². The first-order chi connectivity index (χ1) is 5.79. The van der Waals surface area contributed by atoms with E-state index < -0.39 is 28.6 Å². The molecule has 0 aliphatic carbocycles. The van der Waals surface area contributed by atoms with E-state index in [9.17, 15) is 17.4 Å². The van der Waals surface area contributed by atoms with Crippen LogP contribution in [0, 0.1) is 17.2 Å². The fourth-order valence-electron chi connectivity index (χ4n) is 0.562. The molecule has 2 atom stereocenters. The van der Waals surface area contributed by atoms with E-state index in [4.69, 9.17) is 5.26 Å². The first-order valence-corrected chi connectivity index (χ1v) is 5.00. The highest BCUT2D eigenvalue weighted by Gasteiger charge is 2.41. The van der Waals surface area contributed by atoms with Crippen LogP contribution in [0.3, 0.4) is 0 Å². The molecule has 0 aromatic carbocycles. The van der Waals surface area contributed by atoms with Crippen LogP contribution >= 0.6 is 0 Å². The fraction of sp³-hybridized carbons (Fsp3) is 0.857. The smallest absolute Gasteiger partial charge is 0.259 e. The van der Waals surface area contributed by atoms with Crippen LogP contribution in [0.25, 0.3) is 0 Å². The Morgan fingerprint density at radius 2 is 1.92 bits per heavy atom. The number of rotatable bonds is 3. The van der Waals surface area contributed by atoms with Gasteiger partial charge in [0.25, 0.3) is 0 Å². The molecule has 0 rings (SSSR count). The molecule has 0 saturated carbocycles. The van der Waals surface area contributed by atoms with Crippen LogP contribution in [0.5, 0.6) is 0 Å². The van der Waals surface area contributed by atoms with E-state index in [0.29, 0.717) is 0 Å². The number of nitrogens with zero attached hydrogens (tertiary/aromatic N) is 1. The van der Waals surface area contributed by atoms with E-state index in [1.165, 1.54) is 0 Å². The lowest BCUT2D eigenvalue weighted by atomic mass is 10.2. The predicted molar refractivity (Wildman–Crippen MR) is 43.3 cm³/mol. The molecule has 0 N–H and O–H groups in total. The molecule has 0 heterocycles. The van der Waals surface area contributed by atoms with Gasteiger partial charge in [-0.05, 0) is 0 Å². The van der Waals surface area contributed by atoms with E-state index in [1.54, 1.807) is 13.8 Å². The summed E-state index contributed by atoms with van der Waals surface area (Å²) in [6.45, 7) is 3.11. The number of hydrogen-bond donors (Lipinski definition) is 0. The second kappa shape index (κ2) is 4.61. The van der Waals surface area contributed by atoms with E-state index in [1.807, 2.05) is 0 Å². The number of halogens is 3. The van der Waals surface area contributed by atoms with Gasteiger partial charge in [0.05, 0.1) is 6.07 Å². The van der Waals surface area contributed by atoms with E-state index in [2.05, 4.69) is 0 Å². The van der Waals surface area contributed by atoms with Crippen molar-refractivity contribution >= 4 is 10.8 Å². The molecule has 13 heavy (non-hydrogen) atoms. The minimum absolute atomic E-state index is 0.349. The molecule has 0 fully saturated rings. The van der Waals surface area contributed by atoms with Gasteiger partial charge in [0.2, 0.25) is 0 Å². The molecule has 76 valence electrons. The van der Waals surface area contributed by atoms with Crippen LogP contribution in [0.1, 0.15) is 13.8 Å². The van der Waals surface area contributed by atoms with Crippen molar-refractivity contribution in [1.82, 2.24) is 0 Å². The molecule has 2 nitrogen and oxygen atoms in total. The number of hydrogen-bond acceptors (Lipinski definition) is 2. The molecule has 0 bridgehead atoms. The second-order valence-corrected chi connectivity index (χ2v) is 4.86. The Hall–Kier alpha value is -0.570. The Kier molecular flexibility index (Phi) is 4.40. The molecular formula is C7H10F3NOS. The van der Waals surface area contributed by atoms with Gasteiger partial charge in [-0.1, -0.05) is 13.8 Å². The predicted octanol–water partition coefficient (Wildman–Crippen LogP) is 1.85. The van der Waals surface area contributed by atoms with Gasteiger partial charge in [-0.25, -0.2) is 0 Å². The minimum atomic E-state index is -4.57. The Balaban J connectivity index is 4.34. The lowest BCUT2D eigenvalue weighted by molar-refractivity contribution is -0.153. The summed E-state index contributed by atoms with van der Waals surface area (Å²) in [4.78, 5) is 0. The van der Waals surface area contributed by atoms with Gasteiger partial charge in [-0.3, -0.25) is 4.21 Å². The van der Waals surface area contributed by atoms with Gasteiger partial charge in [-0.15, -0.1) is 0 Å². The Bertz CT molecular complexity index is 231. The molecule has 2 unspecified atom stereocenters. The topological polar surface area (TPSA) is 40.9 Å². The maximum Gasteiger partial charge on any atom is 0.405 e. The maximum absolute atomic E-state index is 12.0. The van der Waals surface area contributed by atoms with Gasteiger partial charge in [0.15, 0.2) is 5.92 Å². The summed E-state index contributed by atoms with van der Waals surface area (Å²) in [6, 6.07) is 1.11. The highest BCUT2D eigenvalue weighted by molar-refractivity contribution is 7.85. The Morgan fingerprint density at radius 3 is 2.15 bits per heavy atom. The van der Waals surface area contributed by atoms with Crippen LogP contribution in [-0.4, -0.2) is 21.4 Å². The van der Waals surface area contributed by atoms with Crippen molar-refractivity contribution in [3.63, 3.8) is 0 Å². The van der Waals surface area contributed by atoms with E-state index >= 15 is 0 Å². The van der Waals surface area contributed by atoms with Crippen molar-refractivity contribution < 1.29 is 17.4 Å². The highest BCUT2D eigenvalue weighted by Crippen LogP contribution is 2.26. The lowest BCUT2D eigenvalue weighted by Crippen LogP contribution is -2.28. The third-order valence-electron chi connectivity index (χ3n) is 1.41. The van der Waals surface area contributed by atoms with Crippen molar-refractivity contribution in [2.75, 3.05) is 5.75 Å². The van der Waals surface area contributed by atoms with Gasteiger partial charge in [-0.2, -0.15) is 18.4 Å². The SMILES string of the molecule is CC(C)S(=O)CC(C#N)C(F)(F)F. The summed E-state index contributed by atoms with van der Waals surface area (Å²) in [6.07, 6.45) is -4.57. The third-order valence-corrected chi connectivity index (χ3v) is 3.12. The van der Waals surface area contributed by atoms with E-state index in [0.717, 1.165) is 6.07 Å². The zero-order valence-electron chi connectivity index (χ0n) is 7.26. The summed E-state index contributed by atoms with van der Waals surface area (Å²) in [5.41, 5.74) is 0. The zero-order valence-corrected chi connectivity index (χ0v) is 8.08. The summed E-state index contributed by atoms with van der Waals surface area (Å²) < 4.78 is 47.0. The highest BCUT2D eigenvalue weighted by atomic mass is 32.2. The van der Waals surface area contributed by atoms with Crippen LogP contribution < -0.4 is 0 Å². The first-order valence-electron chi connectivity index (χ1n) is 3.62. The molecule has 0 aliphatic rings. The summed E-state index contributed by atoms with van der Waals surface area (Å²) in [5, 5.41) is 7.84. The third kappa shape index (κ3) is 4.27. The summed E-state index contributed by atoms with van der Waals surface area (Å²) in [5.74, 6) is -2.74. The van der Waals surface area contributed by atoms with Crippen LogP contribution in [0.4, 0.5) is 13.2 Å². The first kappa shape index (κ1) is 12.4. The van der Waals surface area contributed by atoms with Crippen molar-refractivity contribution in [3.05, 3.63) is 0 Å². The maximum atomic E-state index is 12.0. The van der Waals surface area contributed by atoms with Gasteiger partial charge in [0.1, 0.15) is 0 Å². The average Bonchev–Trinajstić information content (AvgIpc) is 1.96.